The number of methoxy groups -OCH3 is 1. The Hall–Kier alpha value is -1.04. The Kier molecular flexibility index (Phi) is 3.12. The van der Waals surface area contributed by atoms with Gasteiger partial charge < -0.3 is 14.0 Å². The van der Waals surface area contributed by atoms with E-state index in [1.54, 1.807) is 18.4 Å². The molecule has 2 heterocycles. The van der Waals surface area contributed by atoms with Crippen LogP contribution in [-0.2, 0) is 9.31 Å². The lowest BCUT2D eigenvalue weighted by molar-refractivity contribution is 0.00578. The predicted molar refractivity (Wildman–Crippen MR) is 84.1 cm³/mol. The van der Waals surface area contributed by atoms with Crippen LogP contribution in [0.15, 0.2) is 24.3 Å². The van der Waals surface area contributed by atoms with Crippen LogP contribution in [0.25, 0.3) is 10.1 Å². The summed E-state index contributed by atoms with van der Waals surface area (Å²) < 4.78 is 20.1. The van der Waals surface area contributed by atoms with Crippen LogP contribution < -0.4 is 9.51 Å². The standard InChI is InChI=1S/C15H19BO3S/c1-14(2)15(3,4)19-16(18-14)13-12(17-5)10-8-6-7-9-11(10)20-13/h6-9H,1-5H3. The van der Waals surface area contributed by atoms with Crippen molar-refractivity contribution in [3.63, 3.8) is 0 Å². The fourth-order valence-electron chi connectivity index (χ4n) is 2.36. The SMILES string of the molecule is COc1c(B2OC(C)(C)C(C)(C)O2)sc2ccccc12. The quantitative estimate of drug-likeness (QED) is 0.795. The Bertz CT molecular complexity index is 632. The van der Waals surface area contributed by atoms with Crippen molar-refractivity contribution in [2.24, 2.45) is 0 Å². The summed E-state index contributed by atoms with van der Waals surface area (Å²) in [5.74, 6) is 0.865. The molecule has 1 saturated heterocycles. The Labute approximate surface area is 124 Å². The molecule has 0 spiro atoms. The molecule has 1 aromatic heterocycles. The Morgan fingerprint density at radius 1 is 1.05 bits per heavy atom. The number of rotatable bonds is 2. The van der Waals surface area contributed by atoms with Crippen LogP contribution in [0.4, 0.5) is 0 Å². The monoisotopic (exact) mass is 290 g/mol. The van der Waals surface area contributed by atoms with E-state index in [1.807, 2.05) is 12.1 Å². The van der Waals surface area contributed by atoms with Gasteiger partial charge in [-0.25, -0.2) is 0 Å². The number of ether oxygens (including phenoxy) is 1. The second kappa shape index (κ2) is 4.48. The van der Waals surface area contributed by atoms with Crippen molar-refractivity contribution in [3.8, 4) is 5.75 Å². The van der Waals surface area contributed by atoms with Gasteiger partial charge in [-0.15, -0.1) is 11.3 Å². The van der Waals surface area contributed by atoms with E-state index in [0.29, 0.717) is 0 Å². The molecule has 0 bridgehead atoms. The maximum absolute atomic E-state index is 6.13. The van der Waals surface area contributed by atoms with E-state index in [2.05, 4.69) is 39.8 Å². The predicted octanol–water partition coefficient (Wildman–Crippen LogP) is 3.21. The minimum Gasteiger partial charge on any atom is -0.496 e. The van der Waals surface area contributed by atoms with Crippen LogP contribution in [0, 0.1) is 0 Å². The zero-order chi connectivity index (χ0) is 14.5. The third kappa shape index (κ3) is 1.96. The summed E-state index contributed by atoms with van der Waals surface area (Å²) in [5.41, 5.74) is -0.669. The summed E-state index contributed by atoms with van der Waals surface area (Å²) in [6.45, 7) is 8.25. The average Bonchev–Trinajstić information content (AvgIpc) is 2.84. The van der Waals surface area contributed by atoms with E-state index in [4.69, 9.17) is 14.0 Å². The van der Waals surface area contributed by atoms with Gasteiger partial charge in [0, 0.05) is 10.1 Å². The van der Waals surface area contributed by atoms with Crippen molar-refractivity contribution in [3.05, 3.63) is 24.3 Å². The molecule has 1 aliphatic rings. The molecule has 2 aromatic rings. The van der Waals surface area contributed by atoms with E-state index in [-0.39, 0.29) is 18.3 Å². The van der Waals surface area contributed by atoms with Gasteiger partial charge in [-0.2, -0.15) is 0 Å². The van der Waals surface area contributed by atoms with Gasteiger partial charge in [0.15, 0.2) is 0 Å². The molecule has 3 rings (SSSR count). The van der Waals surface area contributed by atoms with E-state index >= 15 is 0 Å². The number of hydrogen-bond acceptors (Lipinski definition) is 4. The lowest BCUT2D eigenvalue weighted by Gasteiger charge is -2.32. The van der Waals surface area contributed by atoms with Gasteiger partial charge in [-0.3, -0.25) is 0 Å². The van der Waals surface area contributed by atoms with Crippen LogP contribution in [0.1, 0.15) is 27.7 Å². The normalized spacial score (nSPS) is 20.6. The molecule has 0 amide bonds. The Balaban J connectivity index is 2.08. The third-order valence-corrected chi connectivity index (χ3v) is 5.42. The number of thiophene rings is 1. The van der Waals surface area contributed by atoms with Crippen molar-refractivity contribution >= 4 is 33.3 Å². The van der Waals surface area contributed by atoms with E-state index < -0.39 is 0 Å². The molecular weight excluding hydrogens is 271 g/mol. The molecule has 3 nitrogen and oxygen atoms in total. The lowest BCUT2D eigenvalue weighted by Crippen LogP contribution is -2.41. The molecule has 20 heavy (non-hydrogen) atoms. The molecule has 106 valence electrons. The van der Waals surface area contributed by atoms with Crippen molar-refractivity contribution < 1.29 is 14.0 Å². The van der Waals surface area contributed by atoms with Crippen LogP contribution in [0.2, 0.25) is 0 Å². The maximum atomic E-state index is 6.13. The fraction of sp³-hybridized carbons (Fsp3) is 0.467. The second-order valence-electron chi connectivity index (χ2n) is 6.08. The first-order valence-electron chi connectivity index (χ1n) is 6.77. The fourth-order valence-corrected chi connectivity index (χ4v) is 3.49. The van der Waals surface area contributed by atoms with E-state index in [0.717, 1.165) is 15.9 Å². The van der Waals surface area contributed by atoms with Crippen LogP contribution in [0.5, 0.6) is 5.75 Å². The molecule has 1 fully saturated rings. The van der Waals surface area contributed by atoms with Crippen LogP contribution >= 0.6 is 11.3 Å². The second-order valence-corrected chi connectivity index (χ2v) is 7.17. The molecule has 0 radical (unpaired) electrons. The van der Waals surface area contributed by atoms with Crippen molar-refractivity contribution in [2.75, 3.05) is 7.11 Å². The molecule has 1 aromatic carbocycles. The molecule has 0 unspecified atom stereocenters. The first-order chi connectivity index (χ1) is 9.36. The third-order valence-electron chi connectivity index (χ3n) is 4.25. The average molecular weight is 290 g/mol. The van der Waals surface area contributed by atoms with Crippen LogP contribution in [0.3, 0.4) is 0 Å². The smallest absolute Gasteiger partial charge is 0.496 e. The van der Waals surface area contributed by atoms with Gasteiger partial charge in [0.2, 0.25) is 0 Å². The first kappa shape index (κ1) is 13.9. The van der Waals surface area contributed by atoms with Gasteiger partial charge in [0.25, 0.3) is 0 Å². The molecule has 0 atom stereocenters. The highest BCUT2D eigenvalue weighted by atomic mass is 32.1. The van der Waals surface area contributed by atoms with Gasteiger partial charge in [0.1, 0.15) is 5.75 Å². The van der Waals surface area contributed by atoms with Gasteiger partial charge in [-0.1, -0.05) is 12.1 Å². The summed E-state index contributed by atoms with van der Waals surface area (Å²) in [4.78, 5) is 0. The largest absolute Gasteiger partial charge is 0.509 e. The minimum absolute atomic E-state index is 0.334. The topological polar surface area (TPSA) is 27.7 Å². The molecule has 0 N–H and O–H groups in total. The van der Waals surface area contributed by atoms with Gasteiger partial charge >= 0.3 is 7.12 Å². The molecule has 0 saturated carbocycles. The summed E-state index contributed by atoms with van der Waals surface area (Å²) in [7, 11) is 1.33. The summed E-state index contributed by atoms with van der Waals surface area (Å²) in [5, 5.41) is 1.12. The van der Waals surface area contributed by atoms with E-state index in [9.17, 15) is 0 Å². The Morgan fingerprint density at radius 2 is 1.65 bits per heavy atom. The zero-order valence-corrected chi connectivity index (χ0v) is 13.3. The summed E-state index contributed by atoms with van der Waals surface area (Å²) in [6, 6.07) is 8.22. The highest BCUT2D eigenvalue weighted by molar-refractivity contribution is 7.28. The maximum Gasteiger partial charge on any atom is 0.509 e. The highest BCUT2D eigenvalue weighted by Gasteiger charge is 2.53. The number of hydrogen-bond donors (Lipinski definition) is 0. The number of fused-ring (bicyclic) bond motifs is 1. The van der Waals surface area contributed by atoms with Gasteiger partial charge in [-0.05, 0) is 39.8 Å². The lowest BCUT2D eigenvalue weighted by atomic mass is 9.86. The molecule has 0 aliphatic carbocycles. The number of benzene rings is 1. The molecule has 5 heteroatoms. The molecule has 1 aliphatic heterocycles. The summed E-state index contributed by atoms with van der Waals surface area (Å²) >= 11 is 1.67. The van der Waals surface area contributed by atoms with E-state index in [1.165, 1.54) is 4.70 Å². The zero-order valence-electron chi connectivity index (χ0n) is 12.5. The summed E-state index contributed by atoms with van der Waals surface area (Å²) in [6.07, 6.45) is 0. The van der Waals surface area contributed by atoms with Crippen molar-refractivity contribution in [2.45, 2.75) is 38.9 Å². The van der Waals surface area contributed by atoms with Crippen molar-refractivity contribution in [1.82, 2.24) is 0 Å². The minimum atomic E-state index is -0.368. The first-order valence-corrected chi connectivity index (χ1v) is 7.58. The molecular formula is C15H19BO3S. The van der Waals surface area contributed by atoms with Gasteiger partial charge in [0.05, 0.1) is 23.1 Å². The Morgan fingerprint density at radius 3 is 2.25 bits per heavy atom. The highest BCUT2D eigenvalue weighted by Crippen LogP contribution is 2.39. The van der Waals surface area contributed by atoms with Crippen molar-refractivity contribution in [1.29, 1.82) is 0 Å². The van der Waals surface area contributed by atoms with Crippen LogP contribution in [-0.4, -0.2) is 25.4 Å².